The molecule has 0 aliphatic heterocycles. The van der Waals surface area contributed by atoms with Crippen molar-refractivity contribution in [2.45, 2.75) is 50.4 Å². The summed E-state index contributed by atoms with van der Waals surface area (Å²) in [6.45, 7) is 1.17. The molecule has 3 atom stereocenters. The molecule has 90 valence electrons. The predicted octanol–water partition coefficient (Wildman–Crippen LogP) is 1.50. The fourth-order valence-electron chi connectivity index (χ4n) is 2.28. The lowest BCUT2D eigenvalue weighted by molar-refractivity contribution is 0.178. The van der Waals surface area contributed by atoms with E-state index >= 15 is 0 Å². The third-order valence-corrected chi connectivity index (χ3v) is 4.57. The van der Waals surface area contributed by atoms with Crippen molar-refractivity contribution in [1.82, 2.24) is 0 Å². The van der Waals surface area contributed by atoms with Gasteiger partial charge in [-0.1, -0.05) is 32.1 Å². The monoisotopic (exact) mass is 235 g/mol. The predicted molar refractivity (Wildman–Crippen MR) is 60.9 cm³/mol. The van der Waals surface area contributed by atoms with Crippen LogP contribution in [0, 0.1) is 5.92 Å². The molecule has 0 spiro atoms. The maximum atomic E-state index is 11.2. The summed E-state index contributed by atoms with van der Waals surface area (Å²) in [7, 11) is -3.45. The maximum Gasteiger partial charge on any atom is 0.226 e. The van der Waals surface area contributed by atoms with Gasteiger partial charge in [0.1, 0.15) is 5.85 Å². The minimum absolute atomic E-state index is 0.523. The van der Waals surface area contributed by atoms with Gasteiger partial charge in [0.05, 0.1) is 0 Å². The van der Waals surface area contributed by atoms with Crippen molar-refractivity contribution < 1.29 is 14.6 Å². The second-order valence-corrected chi connectivity index (χ2v) is 7.18. The highest BCUT2D eigenvalue weighted by molar-refractivity contribution is 7.57. The lowest BCUT2D eigenvalue weighted by Crippen LogP contribution is -2.36. The van der Waals surface area contributed by atoms with E-state index in [-0.39, 0.29) is 0 Å². The number of hydrogen-bond donors (Lipinski definition) is 3. The van der Waals surface area contributed by atoms with Crippen molar-refractivity contribution >= 4 is 7.37 Å². The van der Waals surface area contributed by atoms with Gasteiger partial charge < -0.3 is 15.7 Å². The van der Waals surface area contributed by atoms with Crippen molar-refractivity contribution in [3.63, 3.8) is 0 Å². The standard InChI is InChI=1S/C10H22NO3P/c1-15(13,14)10(12)9(11)7-8-5-3-2-4-6-8/h8-10,12H,2-7,11H2,1H3,(H,13,14)/t9-,10?/m0/s1. The van der Waals surface area contributed by atoms with Crippen LogP contribution >= 0.6 is 7.37 Å². The smallest absolute Gasteiger partial charge is 0.226 e. The largest absolute Gasteiger partial charge is 0.381 e. The van der Waals surface area contributed by atoms with Gasteiger partial charge in [-0.2, -0.15) is 0 Å². The third-order valence-electron chi connectivity index (χ3n) is 3.20. The SMILES string of the molecule is CP(=O)(O)C(O)[C@@H](N)CC1CCCCC1. The van der Waals surface area contributed by atoms with Gasteiger partial charge in [-0.3, -0.25) is 4.57 Å². The number of aliphatic hydroxyl groups excluding tert-OH is 1. The van der Waals surface area contributed by atoms with Gasteiger partial charge >= 0.3 is 0 Å². The van der Waals surface area contributed by atoms with Gasteiger partial charge in [-0.15, -0.1) is 0 Å². The molecule has 4 nitrogen and oxygen atoms in total. The summed E-state index contributed by atoms with van der Waals surface area (Å²) in [5.74, 6) is -0.741. The van der Waals surface area contributed by atoms with Crippen molar-refractivity contribution in [2.75, 3.05) is 6.66 Å². The van der Waals surface area contributed by atoms with Gasteiger partial charge in [0.2, 0.25) is 7.37 Å². The van der Waals surface area contributed by atoms with Gasteiger partial charge in [0.25, 0.3) is 0 Å². The summed E-state index contributed by atoms with van der Waals surface area (Å²) in [5, 5.41) is 9.55. The molecular weight excluding hydrogens is 213 g/mol. The summed E-state index contributed by atoms with van der Waals surface area (Å²) < 4.78 is 11.2. The van der Waals surface area contributed by atoms with Crippen molar-refractivity contribution in [3.8, 4) is 0 Å². The van der Waals surface area contributed by atoms with E-state index in [0.717, 1.165) is 12.8 Å². The molecule has 1 rings (SSSR count). The Labute approximate surface area is 91.3 Å². The number of nitrogens with two attached hydrogens (primary N) is 1. The van der Waals surface area contributed by atoms with Crippen LogP contribution in [-0.4, -0.2) is 28.6 Å². The minimum Gasteiger partial charge on any atom is -0.381 e. The first-order valence-corrected chi connectivity index (χ1v) is 7.82. The molecule has 1 fully saturated rings. The molecule has 0 saturated heterocycles. The van der Waals surface area contributed by atoms with E-state index in [9.17, 15) is 14.6 Å². The number of hydrogen-bond acceptors (Lipinski definition) is 3. The lowest BCUT2D eigenvalue weighted by Gasteiger charge is -2.27. The molecule has 2 unspecified atom stereocenters. The van der Waals surface area contributed by atoms with Crippen LogP contribution in [0.3, 0.4) is 0 Å². The summed E-state index contributed by atoms with van der Waals surface area (Å²) in [4.78, 5) is 9.21. The Hall–Kier alpha value is 0.110. The first-order valence-electron chi connectivity index (χ1n) is 5.65. The van der Waals surface area contributed by atoms with E-state index in [4.69, 9.17) is 5.73 Å². The van der Waals surface area contributed by atoms with Crippen molar-refractivity contribution in [3.05, 3.63) is 0 Å². The molecule has 5 heteroatoms. The summed E-state index contributed by atoms with van der Waals surface area (Å²) in [6.07, 6.45) is 6.66. The molecule has 1 saturated carbocycles. The molecule has 0 aromatic heterocycles. The van der Waals surface area contributed by atoms with E-state index in [0.29, 0.717) is 12.3 Å². The molecule has 15 heavy (non-hydrogen) atoms. The highest BCUT2D eigenvalue weighted by Crippen LogP contribution is 2.43. The van der Waals surface area contributed by atoms with Gasteiger partial charge in [0.15, 0.2) is 0 Å². The molecule has 0 bridgehead atoms. The van der Waals surface area contributed by atoms with Gasteiger partial charge in [-0.25, -0.2) is 0 Å². The van der Waals surface area contributed by atoms with Crippen LogP contribution < -0.4 is 5.73 Å². The normalized spacial score (nSPS) is 26.9. The van der Waals surface area contributed by atoms with Crippen LogP contribution in [0.25, 0.3) is 0 Å². The van der Waals surface area contributed by atoms with Crippen LogP contribution in [0.5, 0.6) is 0 Å². The third kappa shape index (κ3) is 4.23. The average molecular weight is 235 g/mol. The maximum absolute atomic E-state index is 11.2. The lowest BCUT2D eigenvalue weighted by atomic mass is 9.85. The summed E-state index contributed by atoms with van der Waals surface area (Å²) >= 11 is 0. The zero-order chi connectivity index (χ0) is 11.5. The summed E-state index contributed by atoms with van der Waals surface area (Å²) in [5.41, 5.74) is 5.75. The Morgan fingerprint density at radius 2 is 1.93 bits per heavy atom. The summed E-state index contributed by atoms with van der Waals surface area (Å²) in [6, 6.07) is -0.561. The first kappa shape index (κ1) is 13.2. The fraction of sp³-hybridized carbons (Fsp3) is 1.00. The van der Waals surface area contributed by atoms with Crippen LogP contribution in [0.2, 0.25) is 0 Å². The number of rotatable bonds is 4. The zero-order valence-corrected chi connectivity index (χ0v) is 10.2. The van der Waals surface area contributed by atoms with Crippen LogP contribution in [0.1, 0.15) is 38.5 Å². The number of aliphatic hydroxyl groups is 1. The second-order valence-electron chi connectivity index (χ2n) is 4.76. The molecule has 0 aromatic carbocycles. The van der Waals surface area contributed by atoms with Crippen LogP contribution in [-0.2, 0) is 4.57 Å². The minimum atomic E-state index is -3.45. The highest BCUT2D eigenvalue weighted by atomic mass is 31.2. The van der Waals surface area contributed by atoms with Gasteiger partial charge in [0, 0.05) is 12.7 Å². The topological polar surface area (TPSA) is 83.5 Å². The highest BCUT2D eigenvalue weighted by Gasteiger charge is 2.31. The molecule has 4 N–H and O–H groups in total. The van der Waals surface area contributed by atoms with Crippen LogP contribution in [0.15, 0.2) is 0 Å². The van der Waals surface area contributed by atoms with E-state index in [1.165, 1.54) is 25.9 Å². The second kappa shape index (κ2) is 5.44. The quantitative estimate of drug-likeness (QED) is 0.645. The van der Waals surface area contributed by atoms with E-state index < -0.39 is 19.3 Å². The van der Waals surface area contributed by atoms with Crippen molar-refractivity contribution in [1.29, 1.82) is 0 Å². The van der Waals surface area contributed by atoms with Crippen molar-refractivity contribution in [2.24, 2.45) is 11.7 Å². The Morgan fingerprint density at radius 3 is 2.40 bits per heavy atom. The fourth-order valence-corrected chi connectivity index (χ4v) is 3.12. The zero-order valence-electron chi connectivity index (χ0n) is 9.30. The molecule has 0 heterocycles. The molecular formula is C10H22NO3P. The Bertz CT molecular complexity index is 235. The van der Waals surface area contributed by atoms with E-state index in [1.54, 1.807) is 0 Å². The average Bonchev–Trinajstić information content (AvgIpc) is 2.16. The van der Waals surface area contributed by atoms with E-state index in [2.05, 4.69) is 0 Å². The molecule has 1 aliphatic carbocycles. The molecule has 0 aromatic rings. The molecule has 1 aliphatic rings. The Kier molecular flexibility index (Phi) is 4.78. The molecule has 0 radical (unpaired) electrons. The van der Waals surface area contributed by atoms with E-state index in [1.807, 2.05) is 0 Å². The van der Waals surface area contributed by atoms with Crippen LogP contribution in [0.4, 0.5) is 0 Å². The Balaban J connectivity index is 2.40. The first-order chi connectivity index (χ1) is 6.91. The Morgan fingerprint density at radius 1 is 1.40 bits per heavy atom. The van der Waals surface area contributed by atoms with Gasteiger partial charge in [-0.05, 0) is 12.3 Å². The molecule has 0 amide bonds.